The third kappa shape index (κ3) is 2.58. The SMILES string of the molecule is CCCn1cc(B2OC(C)(C)C(C)(C)O2)nc1CC. The smallest absolute Gasteiger partial charge is 0.398 e. The van der Waals surface area contributed by atoms with Gasteiger partial charge in [-0.15, -0.1) is 0 Å². The summed E-state index contributed by atoms with van der Waals surface area (Å²) >= 11 is 0. The molecule has 1 aliphatic rings. The van der Waals surface area contributed by atoms with Crippen molar-refractivity contribution in [2.45, 2.75) is 72.1 Å². The van der Waals surface area contributed by atoms with Gasteiger partial charge in [0.15, 0.2) is 0 Å². The predicted molar refractivity (Wildman–Crippen MR) is 77.6 cm³/mol. The van der Waals surface area contributed by atoms with Gasteiger partial charge in [0.25, 0.3) is 0 Å². The van der Waals surface area contributed by atoms with Gasteiger partial charge in [-0.2, -0.15) is 0 Å². The van der Waals surface area contributed by atoms with Crippen molar-refractivity contribution in [2.24, 2.45) is 0 Å². The highest BCUT2D eigenvalue weighted by Gasteiger charge is 2.52. The summed E-state index contributed by atoms with van der Waals surface area (Å²) in [6.45, 7) is 13.6. The highest BCUT2D eigenvalue weighted by atomic mass is 16.7. The van der Waals surface area contributed by atoms with Crippen LogP contribution in [0.25, 0.3) is 0 Å². The Hall–Kier alpha value is -0.805. The maximum absolute atomic E-state index is 6.04. The van der Waals surface area contributed by atoms with E-state index < -0.39 is 0 Å². The Kier molecular flexibility index (Phi) is 3.80. The molecule has 1 saturated heterocycles. The van der Waals surface area contributed by atoms with Gasteiger partial charge in [0, 0.05) is 19.2 Å². The monoisotopic (exact) mass is 264 g/mol. The van der Waals surface area contributed by atoms with E-state index in [4.69, 9.17) is 9.31 Å². The van der Waals surface area contributed by atoms with Crippen LogP contribution in [0.3, 0.4) is 0 Å². The fourth-order valence-corrected chi connectivity index (χ4v) is 2.27. The van der Waals surface area contributed by atoms with Crippen molar-refractivity contribution in [3.05, 3.63) is 12.0 Å². The van der Waals surface area contributed by atoms with Crippen molar-refractivity contribution < 1.29 is 9.31 Å². The van der Waals surface area contributed by atoms with E-state index in [2.05, 4.69) is 57.3 Å². The van der Waals surface area contributed by atoms with E-state index in [-0.39, 0.29) is 18.3 Å². The zero-order valence-corrected chi connectivity index (χ0v) is 13.0. The Bertz CT molecular complexity index is 438. The number of hydrogen-bond acceptors (Lipinski definition) is 3. The van der Waals surface area contributed by atoms with Crippen LogP contribution in [0.1, 0.15) is 53.8 Å². The number of rotatable bonds is 4. The Labute approximate surface area is 116 Å². The van der Waals surface area contributed by atoms with E-state index >= 15 is 0 Å². The zero-order valence-electron chi connectivity index (χ0n) is 13.0. The molecule has 19 heavy (non-hydrogen) atoms. The van der Waals surface area contributed by atoms with Crippen LogP contribution in [0.4, 0.5) is 0 Å². The van der Waals surface area contributed by atoms with Crippen molar-refractivity contribution in [3.8, 4) is 0 Å². The van der Waals surface area contributed by atoms with Gasteiger partial charge in [0.2, 0.25) is 0 Å². The second kappa shape index (κ2) is 4.95. The van der Waals surface area contributed by atoms with Gasteiger partial charge in [-0.1, -0.05) is 13.8 Å². The third-order valence-electron chi connectivity index (χ3n) is 4.15. The summed E-state index contributed by atoms with van der Waals surface area (Å²) < 4.78 is 14.3. The summed E-state index contributed by atoms with van der Waals surface area (Å²) in [5.41, 5.74) is 0.279. The molecule has 0 spiro atoms. The molecule has 0 amide bonds. The lowest BCUT2D eigenvalue weighted by atomic mass is 9.86. The summed E-state index contributed by atoms with van der Waals surface area (Å²) in [6.07, 6.45) is 4.11. The van der Waals surface area contributed by atoms with Crippen LogP contribution in [0.5, 0.6) is 0 Å². The fraction of sp³-hybridized carbons (Fsp3) is 0.786. The molecule has 106 valence electrons. The number of hydrogen-bond donors (Lipinski definition) is 0. The summed E-state index contributed by atoms with van der Waals surface area (Å²) in [5.74, 6) is 1.10. The van der Waals surface area contributed by atoms with Gasteiger partial charge < -0.3 is 13.9 Å². The Balaban J connectivity index is 2.24. The average molecular weight is 264 g/mol. The minimum Gasteiger partial charge on any atom is -0.398 e. The molecule has 0 radical (unpaired) electrons. The Morgan fingerprint density at radius 3 is 2.21 bits per heavy atom. The first kappa shape index (κ1) is 14.6. The molecule has 1 fully saturated rings. The molecule has 4 nitrogen and oxygen atoms in total. The van der Waals surface area contributed by atoms with Crippen LogP contribution in [0, 0.1) is 0 Å². The van der Waals surface area contributed by atoms with Crippen LogP contribution >= 0.6 is 0 Å². The zero-order chi connectivity index (χ0) is 14.3. The van der Waals surface area contributed by atoms with Crippen molar-refractivity contribution in [1.82, 2.24) is 9.55 Å². The van der Waals surface area contributed by atoms with E-state index in [1.165, 1.54) is 0 Å². The predicted octanol–water partition coefficient (Wildman–Crippen LogP) is 2.15. The molecule has 0 unspecified atom stereocenters. The lowest BCUT2D eigenvalue weighted by Crippen LogP contribution is -2.41. The van der Waals surface area contributed by atoms with Crippen LogP contribution < -0.4 is 5.59 Å². The Morgan fingerprint density at radius 1 is 1.16 bits per heavy atom. The number of aryl methyl sites for hydroxylation is 2. The van der Waals surface area contributed by atoms with E-state index in [9.17, 15) is 0 Å². The standard InChI is InChI=1S/C14H25BN2O2/c1-7-9-17-10-11(16-12(17)8-2)15-18-13(3,4)14(5,6)19-15/h10H,7-9H2,1-6H3. The van der Waals surface area contributed by atoms with E-state index in [1.54, 1.807) is 0 Å². The van der Waals surface area contributed by atoms with Crippen molar-refractivity contribution in [1.29, 1.82) is 0 Å². The fourth-order valence-electron chi connectivity index (χ4n) is 2.27. The molecule has 0 aliphatic carbocycles. The van der Waals surface area contributed by atoms with Crippen LogP contribution in [0.2, 0.25) is 0 Å². The highest BCUT2D eigenvalue weighted by Crippen LogP contribution is 2.36. The first-order valence-electron chi connectivity index (χ1n) is 7.22. The van der Waals surface area contributed by atoms with Gasteiger partial charge >= 0.3 is 7.12 Å². The third-order valence-corrected chi connectivity index (χ3v) is 4.15. The molecule has 2 heterocycles. The molecule has 0 aromatic carbocycles. The first-order chi connectivity index (χ1) is 8.80. The molecule has 0 saturated carbocycles. The van der Waals surface area contributed by atoms with Gasteiger partial charge in [-0.25, -0.2) is 4.98 Å². The first-order valence-corrected chi connectivity index (χ1v) is 7.22. The summed E-state index contributed by atoms with van der Waals surface area (Å²) in [5, 5.41) is 0. The highest BCUT2D eigenvalue weighted by molar-refractivity contribution is 6.61. The maximum Gasteiger partial charge on any atom is 0.516 e. The molecular formula is C14H25BN2O2. The van der Waals surface area contributed by atoms with E-state index in [0.717, 1.165) is 30.8 Å². The van der Waals surface area contributed by atoms with Gasteiger partial charge in [0.05, 0.1) is 16.8 Å². The normalized spacial score (nSPS) is 21.1. The Morgan fingerprint density at radius 2 is 1.74 bits per heavy atom. The average Bonchev–Trinajstić information content (AvgIpc) is 2.79. The minimum atomic E-state index is -0.353. The molecular weight excluding hydrogens is 239 g/mol. The van der Waals surface area contributed by atoms with Crippen LogP contribution in [-0.4, -0.2) is 27.9 Å². The molecule has 1 aliphatic heterocycles. The summed E-state index contributed by atoms with van der Waals surface area (Å²) in [7, 11) is -0.353. The molecule has 1 aromatic rings. The van der Waals surface area contributed by atoms with Crippen LogP contribution in [0.15, 0.2) is 6.20 Å². The maximum atomic E-state index is 6.04. The van der Waals surface area contributed by atoms with Gasteiger partial charge in [-0.3, -0.25) is 0 Å². The quantitative estimate of drug-likeness (QED) is 0.782. The largest absolute Gasteiger partial charge is 0.516 e. The molecule has 5 heteroatoms. The second-order valence-corrected chi connectivity index (χ2v) is 6.22. The van der Waals surface area contributed by atoms with E-state index in [0.29, 0.717) is 0 Å². The summed E-state index contributed by atoms with van der Waals surface area (Å²) in [6, 6.07) is 0. The summed E-state index contributed by atoms with van der Waals surface area (Å²) in [4.78, 5) is 4.67. The molecule has 0 N–H and O–H groups in total. The number of aromatic nitrogens is 2. The van der Waals surface area contributed by atoms with Gasteiger partial charge in [-0.05, 0) is 34.1 Å². The van der Waals surface area contributed by atoms with Crippen LogP contribution in [-0.2, 0) is 22.3 Å². The van der Waals surface area contributed by atoms with E-state index in [1.807, 2.05) is 0 Å². The second-order valence-electron chi connectivity index (χ2n) is 6.22. The lowest BCUT2D eigenvalue weighted by Gasteiger charge is -2.32. The molecule has 1 aromatic heterocycles. The minimum absolute atomic E-state index is 0.307. The van der Waals surface area contributed by atoms with Crippen molar-refractivity contribution >= 4 is 12.7 Å². The van der Waals surface area contributed by atoms with Gasteiger partial charge in [0.1, 0.15) is 5.82 Å². The lowest BCUT2D eigenvalue weighted by molar-refractivity contribution is 0.00578. The molecule has 0 bridgehead atoms. The number of nitrogens with zero attached hydrogens (tertiary/aromatic N) is 2. The topological polar surface area (TPSA) is 36.3 Å². The molecule has 0 atom stereocenters. The van der Waals surface area contributed by atoms with Crippen molar-refractivity contribution in [2.75, 3.05) is 0 Å². The number of imidazole rings is 1. The van der Waals surface area contributed by atoms with Crippen molar-refractivity contribution in [3.63, 3.8) is 0 Å². The molecule has 2 rings (SSSR count).